The molecule has 1 aromatic carbocycles. The number of nitrogens with one attached hydrogen (secondary N) is 1. The van der Waals surface area contributed by atoms with E-state index in [-0.39, 0.29) is 11.9 Å². The van der Waals surface area contributed by atoms with Gasteiger partial charge in [-0.25, -0.2) is 4.39 Å². The number of ether oxygens (including phenoxy) is 1. The molecule has 4 heterocycles. The second-order valence-corrected chi connectivity index (χ2v) is 9.78. The van der Waals surface area contributed by atoms with Crippen LogP contribution in [-0.4, -0.2) is 73.3 Å². The summed E-state index contributed by atoms with van der Waals surface area (Å²) in [6.45, 7) is 5.24. The van der Waals surface area contributed by atoms with Gasteiger partial charge in [0.15, 0.2) is 0 Å². The number of anilines is 2. The Kier molecular flexibility index (Phi) is 7.30. The van der Waals surface area contributed by atoms with Crippen LogP contribution in [0.25, 0.3) is 0 Å². The molecule has 0 radical (unpaired) electrons. The van der Waals surface area contributed by atoms with Gasteiger partial charge in [-0.1, -0.05) is 12.1 Å². The molecule has 1 unspecified atom stereocenters. The van der Waals surface area contributed by atoms with Gasteiger partial charge >= 0.3 is 6.01 Å². The van der Waals surface area contributed by atoms with E-state index in [0.29, 0.717) is 37.3 Å². The minimum Gasteiger partial charge on any atom is -0.462 e. The molecule has 186 valence electrons. The minimum atomic E-state index is -0.215. The van der Waals surface area contributed by atoms with Crippen LogP contribution in [0, 0.1) is 17.1 Å². The van der Waals surface area contributed by atoms with Gasteiger partial charge in [-0.3, -0.25) is 0 Å². The highest BCUT2D eigenvalue weighted by Gasteiger charge is 2.29. The molecule has 1 aromatic heterocycles. The lowest BCUT2D eigenvalue weighted by Gasteiger charge is -2.35. The van der Waals surface area contributed by atoms with Crippen molar-refractivity contribution >= 4 is 11.5 Å². The van der Waals surface area contributed by atoms with Crippen molar-refractivity contribution in [1.82, 2.24) is 20.2 Å². The zero-order valence-electron chi connectivity index (χ0n) is 20.4. The maximum Gasteiger partial charge on any atom is 0.318 e. The second-order valence-electron chi connectivity index (χ2n) is 9.78. The number of hydrogen-bond acceptors (Lipinski definition) is 8. The number of likely N-dealkylation sites (N-methyl/N-ethyl adjacent to an activating group) is 1. The second kappa shape index (κ2) is 10.8. The van der Waals surface area contributed by atoms with Gasteiger partial charge in [-0.05, 0) is 51.4 Å². The van der Waals surface area contributed by atoms with E-state index in [4.69, 9.17) is 14.7 Å². The number of nitriles is 1. The molecule has 0 aliphatic carbocycles. The van der Waals surface area contributed by atoms with Gasteiger partial charge < -0.3 is 24.8 Å². The summed E-state index contributed by atoms with van der Waals surface area (Å²) >= 11 is 0. The first-order valence-corrected chi connectivity index (χ1v) is 12.7. The fourth-order valence-corrected chi connectivity index (χ4v) is 5.45. The van der Waals surface area contributed by atoms with Crippen LogP contribution in [0.15, 0.2) is 24.3 Å². The van der Waals surface area contributed by atoms with Crippen molar-refractivity contribution in [3.05, 3.63) is 41.3 Å². The van der Waals surface area contributed by atoms with Crippen molar-refractivity contribution in [2.45, 2.75) is 50.7 Å². The molecule has 0 bridgehead atoms. The van der Waals surface area contributed by atoms with Gasteiger partial charge in [0.1, 0.15) is 18.2 Å². The number of hydrogen-bond donors (Lipinski definition) is 1. The molecule has 35 heavy (non-hydrogen) atoms. The molecule has 3 aliphatic heterocycles. The fraction of sp³-hybridized carbons (Fsp3) is 0.577. The predicted octanol–water partition coefficient (Wildman–Crippen LogP) is 2.73. The minimum absolute atomic E-state index is 0.108. The summed E-state index contributed by atoms with van der Waals surface area (Å²) in [6.07, 6.45) is 4.47. The summed E-state index contributed by atoms with van der Waals surface area (Å²) in [4.78, 5) is 16.5. The monoisotopic (exact) mass is 479 g/mol. The Morgan fingerprint density at radius 3 is 2.86 bits per heavy atom. The highest BCUT2D eigenvalue weighted by molar-refractivity contribution is 5.54. The van der Waals surface area contributed by atoms with Gasteiger partial charge in [0.2, 0.25) is 0 Å². The number of nitrogens with zero attached hydrogens (tertiary/aromatic N) is 6. The summed E-state index contributed by atoms with van der Waals surface area (Å²) in [6, 6.07) is 10.1. The first kappa shape index (κ1) is 23.8. The standard InChI is InChI=1S/C26H34FN7O/c1-32-13-4-6-20(32)18-35-26-30-23-17-33(24-9-3-2-8-22(24)27)14-5-7-21(23)25(31-26)34-15-12-29-19(16-34)10-11-28/h2-3,8-9,19-20,29H,4-7,10,12-18H2,1H3/t19?,20-/m0/s1. The van der Waals surface area contributed by atoms with E-state index in [1.54, 1.807) is 6.07 Å². The number of rotatable bonds is 6. The molecule has 2 fully saturated rings. The van der Waals surface area contributed by atoms with Crippen LogP contribution in [0.5, 0.6) is 6.01 Å². The van der Waals surface area contributed by atoms with Crippen molar-refractivity contribution in [1.29, 1.82) is 5.26 Å². The van der Waals surface area contributed by atoms with Gasteiger partial charge in [-0.2, -0.15) is 15.2 Å². The first-order chi connectivity index (χ1) is 17.1. The summed E-state index contributed by atoms with van der Waals surface area (Å²) in [5.74, 6) is 0.692. The normalized spacial score (nSPS) is 23.0. The van der Waals surface area contributed by atoms with Crippen LogP contribution < -0.4 is 19.9 Å². The Morgan fingerprint density at radius 2 is 2.06 bits per heavy atom. The summed E-state index contributed by atoms with van der Waals surface area (Å²) in [5.41, 5.74) is 2.62. The van der Waals surface area contributed by atoms with E-state index >= 15 is 0 Å². The molecule has 2 atom stereocenters. The van der Waals surface area contributed by atoms with Crippen molar-refractivity contribution in [2.75, 3.05) is 56.2 Å². The molecule has 0 amide bonds. The maximum atomic E-state index is 14.6. The van der Waals surface area contributed by atoms with Crippen LogP contribution in [0.4, 0.5) is 15.9 Å². The molecule has 0 saturated carbocycles. The third kappa shape index (κ3) is 5.34. The number of piperazine rings is 1. The van der Waals surface area contributed by atoms with Crippen LogP contribution in [0.3, 0.4) is 0 Å². The lowest BCUT2D eigenvalue weighted by Crippen LogP contribution is -2.51. The fourth-order valence-electron chi connectivity index (χ4n) is 5.45. The van der Waals surface area contributed by atoms with E-state index in [2.05, 4.69) is 33.1 Å². The molecular formula is C26H34FN7O. The lowest BCUT2D eigenvalue weighted by atomic mass is 10.1. The first-order valence-electron chi connectivity index (χ1n) is 12.7. The molecule has 1 N–H and O–H groups in total. The molecule has 9 heteroatoms. The van der Waals surface area contributed by atoms with Gasteiger partial charge in [0.25, 0.3) is 0 Å². The molecule has 8 nitrogen and oxygen atoms in total. The molecule has 0 spiro atoms. The number of fused-ring (bicyclic) bond motifs is 1. The number of benzene rings is 1. The highest BCUT2D eigenvalue weighted by atomic mass is 19.1. The third-order valence-electron chi connectivity index (χ3n) is 7.41. The van der Waals surface area contributed by atoms with Crippen LogP contribution in [0.1, 0.15) is 36.9 Å². The zero-order chi connectivity index (χ0) is 24.2. The van der Waals surface area contributed by atoms with E-state index in [0.717, 1.165) is 69.1 Å². The molecule has 5 rings (SSSR count). The largest absolute Gasteiger partial charge is 0.462 e. The highest BCUT2D eigenvalue weighted by Crippen LogP contribution is 2.32. The summed E-state index contributed by atoms with van der Waals surface area (Å²) in [5, 5.41) is 12.6. The average Bonchev–Trinajstić information content (AvgIpc) is 3.15. The third-order valence-corrected chi connectivity index (χ3v) is 7.41. The van der Waals surface area contributed by atoms with Crippen LogP contribution in [-0.2, 0) is 13.0 Å². The zero-order valence-corrected chi connectivity index (χ0v) is 20.4. The number of likely N-dealkylation sites (tertiary alicyclic amines) is 1. The molecule has 3 aliphatic rings. The van der Waals surface area contributed by atoms with Gasteiger partial charge in [-0.15, -0.1) is 0 Å². The Morgan fingerprint density at radius 1 is 1.17 bits per heavy atom. The maximum absolute atomic E-state index is 14.6. The Labute approximate surface area is 206 Å². The number of para-hydroxylation sites is 1. The van der Waals surface area contributed by atoms with Gasteiger partial charge in [0, 0.05) is 43.8 Å². The van der Waals surface area contributed by atoms with Gasteiger partial charge in [0.05, 0.1) is 30.4 Å². The molecule has 2 saturated heterocycles. The van der Waals surface area contributed by atoms with E-state index in [9.17, 15) is 9.65 Å². The van der Waals surface area contributed by atoms with E-state index in [1.807, 2.05) is 12.1 Å². The Balaban J connectivity index is 1.46. The summed E-state index contributed by atoms with van der Waals surface area (Å²) in [7, 11) is 2.13. The van der Waals surface area contributed by atoms with Crippen molar-refractivity contribution in [3.63, 3.8) is 0 Å². The number of aromatic nitrogens is 2. The predicted molar refractivity (Wildman–Crippen MR) is 133 cm³/mol. The molecule has 2 aromatic rings. The smallest absolute Gasteiger partial charge is 0.318 e. The Bertz CT molecular complexity index is 1070. The summed E-state index contributed by atoms with van der Waals surface area (Å²) < 4.78 is 20.8. The van der Waals surface area contributed by atoms with E-state index < -0.39 is 0 Å². The van der Waals surface area contributed by atoms with E-state index in [1.165, 1.54) is 12.5 Å². The van der Waals surface area contributed by atoms with Crippen LogP contribution in [0.2, 0.25) is 0 Å². The SMILES string of the molecule is CN1CCC[C@H]1COc1nc2c(c(N3CCNC(CC#N)C3)n1)CCCN(c1ccccc1F)C2. The topological polar surface area (TPSA) is 80.5 Å². The average molecular weight is 480 g/mol. The van der Waals surface area contributed by atoms with Crippen molar-refractivity contribution < 1.29 is 9.13 Å². The quantitative estimate of drug-likeness (QED) is 0.678. The Hall–Kier alpha value is -2.96. The molecular weight excluding hydrogens is 445 g/mol. The number of halogens is 1. The van der Waals surface area contributed by atoms with Crippen LogP contribution >= 0.6 is 0 Å². The lowest BCUT2D eigenvalue weighted by molar-refractivity contribution is 0.187. The van der Waals surface area contributed by atoms with Crippen molar-refractivity contribution in [3.8, 4) is 12.1 Å². The van der Waals surface area contributed by atoms with Crippen molar-refractivity contribution in [2.24, 2.45) is 0 Å².